The molecule has 0 aliphatic carbocycles. The summed E-state index contributed by atoms with van der Waals surface area (Å²) in [5.74, 6) is 0.535. The summed E-state index contributed by atoms with van der Waals surface area (Å²) < 4.78 is 15.2. The highest BCUT2D eigenvalue weighted by Crippen LogP contribution is 2.35. The Morgan fingerprint density at radius 2 is 1.65 bits per heavy atom. The van der Waals surface area contributed by atoms with Gasteiger partial charge in [-0.05, 0) is 54.1 Å². The van der Waals surface area contributed by atoms with Crippen molar-refractivity contribution in [3.8, 4) is 33.8 Å². The van der Waals surface area contributed by atoms with E-state index < -0.39 is 0 Å². The van der Waals surface area contributed by atoms with E-state index in [9.17, 15) is 4.39 Å². The van der Waals surface area contributed by atoms with Crippen molar-refractivity contribution in [3.05, 3.63) is 90.4 Å². The summed E-state index contributed by atoms with van der Waals surface area (Å²) in [5.41, 5.74) is 12.5. The third-order valence-electron chi connectivity index (χ3n) is 5.09. The average molecular weight is 430 g/mol. The van der Waals surface area contributed by atoms with Crippen LogP contribution in [0.15, 0.2) is 79.0 Å². The summed E-state index contributed by atoms with van der Waals surface area (Å²) in [6.45, 7) is 0. The van der Waals surface area contributed by atoms with E-state index in [0.29, 0.717) is 28.7 Å². The number of benzene rings is 2. The minimum Gasteiger partial charge on any atom is -0.383 e. The maximum absolute atomic E-state index is 13.4. The maximum Gasteiger partial charge on any atom is 0.155 e. The molecule has 152 valence electrons. The SMILES string of the molecule is Nc1ncccc1-c1nc2ccc(-c3ccc(F)cc3)nn2c1-c1ccc(CCl)cc1. The highest BCUT2D eigenvalue weighted by molar-refractivity contribution is 6.17. The van der Waals surface area contributed by atoms with Crippen molar-refractivity contribution in [1.82, 2.24) is 19.6 Å². The molecule has 5 aromatic rings. The van der Waals surface area contributed by atoms with Crippen LogP contribution < -0.4 is 5.73 Å². The number of alkyl halides is 1. The maximum atomic E-state index is 13.4. The number of halogens is 2. The molecule has 7 heteroatoms. The van der Waals surface area contributed by atoms with Gasteiger partial charge in [-0.15, -0.1) is 11.6 Å². The molecule has 0 unspecified atom stereocenters. The van der Waals surface area contributed by atoms with Gasteiger partial charge in [0.1, 0.15) is 23.0 Å². The zero-order valence-corrected chi connectivity index (χ0v) is 17.1. The minimum absolute atomic E-state index is 0.290. The normalized spacial score (nSPS) is 11.2. The second-order valence-corrected chi connectivity index (χ2v) is 7.34. The van der Waals surface area contributed by atoms with Crippen molar-refractivity contribution in [2.24, 2.45) is 0 Å². The van der Waals surface area contributed by atoms with Crippen LogP contribution in [0.3, 0.4) is 0 Å². The van der Waals surface area contributed by atoms with Gasteiger partial charge < -0.3 is 5.73 Å². The topological polar surface area (TPSA) is 69.1 Å². The van der Waals surface area contributed by atoms with Crippen LogP contribution in [0.1, 0.15) is 5.56 Å². The van der Waals surface area contributed by atoms with Gasteiger partial charge in [-0.1, -0.05) is 24.3 Å². The Kier molecular flexibility index (Phi) is 4.84. The quantitative estimate of drug-likeness (QED) is 0.378. The molecule has 2 aromatic carbocycles. The summed E-state index contributed by atoms with van der Waals surface area (Å²) >= 11 is 5.97. The van der Waals surface area contributed by atoms with Crippen molar-refractivity contribution in [3.63, 3.8) is 0 Å². The van der Waals surface area contributed by atoms with Crippen LogP contribution in [0, 0.1) is 5.82 Å². The second kappa shape index (κ2) is 7.81. The number of imidazole rings is 1. The van der Waals surface area contributed by atoms with E-state index in [0.717, 1.165) is 27.9 Å². The Labute approximate surface area is 183 Å². The molecule has 5 nitrogen and oxygen atoms in total. The molecule has 0 fully saturated rings. The lowest BCUT2D eigenvalue weighted by Gasteiger charge is -2.08. The third-order valence-corrected chi connectivity index (χ3v) is 5.40. The molecule has 3 aromatic heterocycles. The van der Waals surface area contributed by atoms with E-state index in [1.54, 1.807) is 22.8 Å². The number of aromatic nitrogens is 4. The van der Waals surface area contributed by atoms with Gasteiger partial charge in [0.15, 0.2) is 5.65 Å². The van der Waals surface area contributed by atoms with Crippen LogP contribution in [-0.4, -0.2) is 19.6 Å². The third kappa shape index (κ3) is 3.51. The zero-order chi connectivity index (χ0) is 21.4. The molecule has 0 bridgehead atoms. The van der Waals surface area contributed by atoms with Gasteiger partial charge in [-0.2, -0.15) is 5.10 Å². The molecule has 3 heterocycles. The van der Waals surface area contributed by atoms with E-state index in [2.05, 4.69) is 4.98 Å². The van der Waals surface area contributed by atoms with Gasteiger partial charge in [0.25, 0.3) is 0 Å². The lowest BCUT2D eigenvalue weighted by atomic mass is 10.0. The Balaban J connectivity index is 1.77. The number of rotatable bonds is 4. The smallest absolute Gasteiger partial charge is 0.155 e. The Bertz CT molecular complexity index is 1380. The molecule has 5 rings (SSSR count). The molecular formula is C24H17ClFN5. The molecule has 0 radical (unpaired) electrons. The molecule has 0 saturated carbocycles. The number of pyridine rings is 1. The number of anilines is 1. The van der Waals surface area contributed by atoms with Crippen molar-refractivity contribution >= 4 is 23.1 Å². The van der Waals surface area contributed by atoms with Crippen LogP contribution >= 0.6 is 11.6 Å². The van der Waals surface area contributed by atoms with Crippen molar-refractivity contribution < 1.29 is 4.39 Å². The summed E-state index contributed by atoms with van der Waals surface area (Å²) in [7, 11) is 0. The molecule has 0 amide bonds. The number of fused-ring (bicyclic) bond motifs is 1. The van der Waals surface area contributed by atoms with Crippen molar-refractivity contribution in [1.29, 1.82) is 0 Å². The fourth-order valence-electron chi connectivity index (χ4n) is 3.52. The Morgan fingerprint density at radius 3 is 2.35 bits per heavy atom. The summed E-state index contributed by atoms with van der Waals surface area (Å²) in [5, 5.41) is 4.81. The van der Waals surface area contributed by atoms with Gasteiger partial charge in [0, 0.05) is 28.8 Å². The van der Waals surface area contributed by atoms with Crippen molar-refractivity contribution in [2.75, 3.05) is 5.73 Å². The predicted octanol–water partition coefficient (Wildman–Crippen LogP) is 5.59. The van der Waals surface area contributed by atoms with Crippen LogP contribution in [0.25, 0.3) is 39.4 Å². The molecule has 0 aliphatic heterocycles. The average Bonchev–Trinajstić information content (AvgIpc) is 3.18. The summed E-state index contributed by atoms with van der Waals surface area (Å²) in [6, 6.07) is 21.6. The molecule has 0 saturated heterocycles. The highest BCUT2D eigenvalue weighted by Gasteiger charge is 2.19. The van der Waals surface area contributed by atoms with Gasteiger partial charge in [-0.3, -0.25) is 0 Å². The lowest BCUT2D eigenvalue weighted by Crippen LogP contribution is -1.98. The van der Waals surface area contributed by atoms with Gasteiger partial charge >= 0.3 is 0 Å². The Morgan fingerprint density at radius 1 is 0.903 bits per heavy atom. The monoisotopic (exact) mass is 429 g/mol. The molecule has 31 heavy (non-hydrogen) atoms. The fraction of sp³-hybridized carbons (Fsp3) is 0.0417. The van der Waals surface area contributed by atoms with E-state index >= 15 is 0 Å². The molecule has 2 N–H and O–H groups in total. The van der Waals surface area contributed by atoms with Crippen LogP contribution in [0.4, 0.5) is 10.2 Å². The minimum atomic E-state index is -0.290. The standard InChI is InChI=1S/C24H17ClFN5/c25-14-15-3-5-17(6-4-15)23-22(19-2-1-13-28-24(19)27)29-21-12-11-20(30-31(21)23)16-7-9-18(26)10-8-16/h1-13H,14H2,(H2,27,28). The molecule has 0 aliphatic rings. The zero-order valence-electron chi connectivity index (χ0n) is 16.3. The van der Waals surface area contributed by atoms with E-state index in [-0.39, 0.29) is 5.82 Å². The van der Waals surface area contributed by atoms with E-state index in [1.165, 1.54) is 12.1 Å². The fourth-order valence-corrected chi connectivity index (χ4v) is 3.70. The largest absolute Gasteiger partial charge is 0.383 e. The first kappa shape index (κ1) is 19.2. The lowest BCUT2D eigenvalue weighted by molar-refractivity contribution is 0.628. The molecule has 0 atom stereocenters. The number of nitrogens with zero attached hydrogens (tertiary/aromatic N) is 4. The first-order chi connectivity index (χ1) is 15.1. The van der Waals surface area contributed by atoms with Crippen LogP contribution in [0.2, 0.25) is 0 Å². The van der Waals surface area contributed by atoms with Crippen molar-refractivity contribution in [2.45, 2.75) is 5.88 Å². The van der Waals surface area contributed by atoms with Crippen LogP contribution in [-0.2, 0) is 5.88 Å². The first-order valence-electron chi connectivity index (χ1n) is 9.66. The molecular weight excluding hydrogens is 413 g/mol. The molecule has 0 spiro atoms. The highest BCUT2D eigenvalue weighted by atomic mass is 35.5. The van der Waals surface area contributed by atoms with Gasteiger partial charge in [0.05, 0.1) is 5.69 Å². The summed E-state index contributed by atoms with van der Waals surface area (Å²) in [6.07, 6.45) is 1.65. The Hall–Kier alpha value is -3.77. The number of hydrogen-bond donors (Lipinski definition) is 1. The van der Waals surface area contributed by atoms with Gasteiger partial charge in [0.2, 0.25) is 0 Å². The van der Waals surface area contributed by atoms with Gasteiger partial charge in [-0.25, -0.2) is 18.9 Å². The second-order valence-electron chi connectivity index (χ2n) is 7.07. The van der Waals surface area contributed by atoms with E-state index in [1.807, 2.05) is 48.5 Å². The number of nitrogens with two attached hydrogens (primary N) is 1. The number of nitrogen functional groups attached to an aromatic ring is 1. The number of hydrogen-bond acceptors (Lipinski definition) is 4. The first-order valence-corrected chi connectivity index (χ1v) is 10.2. The van der Waals surface area contributed by atoms with E-state index in [4.69, 9.17) is 27.4 Å². The predicted molar refractivity (Wildman–Crippen MR) is 121 cm³/mol. The van der Waals surface area contributed by atoms with Crippen LogP contribution in [0.5, 0.6) is 0 Å². The summed E-state index contributed by atoms with van der Waals surface area (Å²) in [4.78, 5) is 9.02.